The van der Waals surface area contributed by atoms with Crippen molar-refractivity contribution in [2.45, 2.75) is 6.92 Å². The van der Waals surface area contributed by atoms with Gasteiger partial charge in [-0.3, -0.25) is 9.59 Å². The lowest BCUT2D eigenvalue weighted by Crippen LogP contribution is -2.36. The van der Waals surface area contributed by atoms with Crippen LogP contribution in [0.2, 0.25) is 0 Å². The predicted molar refractivity (Wildman–Crippen MR) is 67.6 cm³/mol. The van der Waals surface area contributed by atoms with Crippen molar-refractivity contribution in [3.8, 4) is 0 Å². The Morgan fingerprint density at radius 2 is 2.06 bits per heavy atom. The summed E-state index contributed by atoms with van der Waals surface area (Å²) in [6.07, 6.45) is 0. The Morgan fingerprint density at radius 3 is 2.65 bits per heavy atom. The lowest BCUT2D eigenvalue weighted by atomic mass is 10.2. The van der Waals surface area contributed by atoms with Crippen LogP contribution in [-0.4, -0.2) is 30.1 Å². The zero-order chi connectivity index (χ0) is 12.8. The van der Waals surface area contributed by atoms with Crippen LogP contribution in [0.5, 0.6) is 0 Å². The number of carbonyl (C=O) groups excluding carboxylic acids is 2. The highest BCUT2D eigenvalue weighted by molar-refractivity contribution is 9.10. The van der Waals surface area contributed by atoms with E-state index < -0.39 is 11.8 Å². The van der Waals surface area contributed by atoms with Gasteiger partial charge in [0.2, 0.25) is 0 Å². The van der Waals surface area contributed by atoms with Gasteiger partial charge in [-0.15, -0.1) is 0 Å². The van der Waals surface area contributed by atoms with Crippen molar-refractivity contribution < 1.29 is 14.7 Å². The molecule has 1 aromatic rings. The topological polar surface area (TPSA) is 78.4 Å². The largest absolute Gasteiger partial charge is 0.395 e. The Labute approximate surface area is 107 Å². The van der Waals surface area contributed by atoms with Crippen molar-refractivity contribution >= 4 is 33.4 Å². The van der Waals surface area contributed by atoms with Crippen molar-refractivity contribution in [1.82, 2.24) is 5.32 Å². The molecule has 1 aromatic carbocycles. The third-order valence-electron chi connectivity index (χ3n) is 2.04. The molecule has 92 valence electrons. The van der Waals surface area contributed by atoms with E-state index in [-0.39, 0.29) is 13.2 Å². The van der Waals surface area contributed by atoms with Gasteiger partial charge in [0.05, 0.1) is 6.61 Å². The van der Waals surface area contributed by atoms with Gasteiger partial charge in [0, 0.05) is 16.7 Å². The molecule has 6 heteroatoms. The first kappa shape index (κ1) is 13.7. The molecule has 5 nitrogen and oxygen atoms in total. The summed E-state index contributed by atoms with van der Waals surface area (Å²) in [4.78, 5) is 22.7. The van der Waals surface area contributed by atoms with Crippen LogP contribution < -0.4 is 10.6 Å². The van der Waals surface area contributed by atoms with Crippen LogP contribution in [-0.2, 0) is 9.59 Å². The Hall–Kier alpha value is -1.40. The fourth-order valence-electron chi connectivity index (χ4n) is 1.20. The minimum absolute atomic E-state index is 0.0611. The number of nitrogens with one attached hydrogen (secondary N) is 2. The first-order valence-corrected chi connectivity index (χ1v) is 5.80. The number of aliphatic hydroxyl groups is 1. The van der Waals surface area contributed by atoms with Crippen LogP contribution in [0, 0.1) is 6.92 Å². The van der Waals surface area contributed by atoms with Crippen LogP contribution in [0.3, 0.4) is 0 Å². The van der Waals surface area contributed by atoms with E-state index in [1.807, 2.05) is 13.0 Å². The average molecular weight is 301 g/mol. The van der Waals surface area contributed by atoms with E-state index >= 15 is 0 Å². The lowest BCUT2D eigenvalue weighted by Gasteiger charge is -2.08. The Morgan fingerprint density at radius 1 is 1.35 bits per heavy atom. The zero-order valence-corrected chi connectivity index (χ0v) is 10.9. The van der Waals surface area contributed by atoms with Gasteiger partial charge in [-0.2, -0.15) is 0 Å². The molecule has 0 aromatic heterocycles. The maximum Gasteiger partial charge on any atom is 0.313 e. The number of hydrogen-bond donors (Lipinski definition) is 3. The number of carbonyl (C=O) groups is 2. The molecular formula is C11H13BrN2O3. The highest BCUT2D eigenvalue weighted by Gasteiger charge is 2.13. The van der Waals surface area contributed by atoms with Crippen LogP contribution in [0.4, 0.5) is 5.69 Å². The number of aryl methyl sites for hydroxylation is 1. The lowest BCUT2D eigenvalue weighted by molar-refractivity contribution is -0.136. The van der Waals surface area contributed by atoms with Crippen molar-refractivity contribution in [2.75, 3.05) is 18.5 Å². The standard InChI is InChI=1S/C11H13BrN2O3/c1-7-6-8(12)2-3-9(7)14-11(17)10(16)13-4-5-15/h2-3,6,15H,4-5H2,1H3,(H,13,16)(H,14,17). The number of halogens is 1. The molecule has 0 fully saturated rings. The van der Waals surface area contributed by atoms with Gasteiger partial charge < -0.3 is 15.7 Å². The van der Waals surface area contributed by atoms with E-state index in [1.165, 1.54) is 0 Å². The monoisotopic (exact) mass is 300 g/mol. The Balaban J connectivity index is 2.64. The molecule has 3 N–H and O–H groups in total. The smallest absolute Gasteiger partial charge is 0.313 e. The summed E-state index contributed by atoms with van der Waals surface area (Å²) in [5, 5.41) is 13.3. The SMILES string of the molecule is Cc1cc(Br)ccc1NC(=O)C(=O)NCCO. The number of amides is 2. The third-order valence-corrected chi connectivity index (χ3v) is 2.53. The van der Waals surface area contributed by atoms with E-state index in [9.17, 15) is 9.59 Å². The second-order valence-corrected chi connectivity index (χ2v) is 4.31. The van der Waals surface area contributed by atoms with E-state index in [2.05, 4.69) is 26.6 Å². The van der Waals surface area contributed by atoms with E-state index in [0.717, 1.165) is 10.0 Å². The molecule has 0 atom stereocenters. The molecule has 0 bridgehead atoms. The first-order valence-electron chi connectivity index (χ1n) is 5.01. The van der Waals surface area contributed by atoms with Crippen molar-refractivity contribution in [1.29, 1.82) is 0 Å². The van der Waals surface area contributed by atoms with Crippen LogP contribution in [0.25, 0.3) is 0 Å². The molecule has 0 radical (unpaired) electrons. The second-order valence-electron chi connectivity index (χ2n) is 3.39. The molecule has 0 heterocycles. The fourth-order valence-corrected chi connectivity index (χ4v) is 1.67. The highest BCUT2D eigenvalue weighted by atomic mass is 79.9. The number of rotatable bonds is 3. The van der Waals surface area contributed by atoms with Crippen LogP contribution in [0.1, 0.15) is 5.56 Å². The number of aliphatic hydroxyl groups excluding tert-OH is 1. The van der Waals surface area contributed by atoms with E-state index in [4.69, 9.17) is 5.11 Å². The molecule has 0 saturated heterocycles. The van der Waals surface area contributed by atoms with Gasteiger partial charge >= 0.3 is 11.8 Å². The molecule has 2 amide bonds. The van der Waals surface area contributed by atoms with Gasteiger partial charge in [0.25, 0.3) is 0 Å². The van der Waals surface area contributed by atoms with Gasteiger partial charge in [-0.05, 0) is 30.7 Å². The predicted octanol–water partition coefficient (Wildman–Crippen LogP) is 0.805. The Bertz CT molecular complexity index is 435. The maximum atomic E-state index is 11.4. The minimum atomic E-state index is -0.763. The van der Waals surface area contributed by atoms with E-state index in [1.54, 1.807) is 12.1 Å². The van der Waals surface area contributed by atoms with E-state index in [0.29, 0.717) is 5.69 Å². The normalized spacial score (nSPS) is 9.82. The quantitative estimate of drug-likeness (QED) is 0.723. The third kappa shape index (κ3) is 4.16. The zero-order valence-electron chi connectivity index (χ0n) is 9.29. The average Bonchev–Trinajstić information content (AvgIpc) is 2.29. The number of hydrogen-bond acceptors (Lipinski definition) is 3. The summed E-state index contributed by atoms with van der Waals surface area (Å²) < 4.78 is 0.901. The maximum absolute atomic E-state index is 11.4. The van der Waals surface area contributed by atoms with Crippen LogP contribution >= 0.6 is 15.9 Å². The molecule has 17 heavy (non-hydrogen) atoms. The molecule has 0 aliphatic carbocycles. The molecule has 0 unspecified atom stereocenters. The summed E-state index contributed by atoms with van der Waals surface area (Å²) in [5.74, 6) is -1.51. The van der Waals surface area contributed by atoms with Crippen molar-refractivity contribution in [3.05, 3.63) is 28.2 Å². The molecule has 0 spiro atoms. The van der Waals surface area contributed by atoms with Crippen molar-refractivity contribution in [2.24, 2.45) is 0 Å². The first-order chi connectivity index (χ1) is 8.04. The molecule has 0 aliphatic heterocycles. The summed E-state index contributed by atoms with van der Waals surface area (Å²) in [7, 11) is 0. The second kappa shape index (κ2) is 6.36. The fraction of sp³-hybridized carbons (Fsp3) is 0.273. The molecule has 0 aliphatic rings. The van der Waals surface area contributed by atoms with Crippen molar-refractivity contribution in [3.63, 3.8) is 0 Å². The van der Waals surface area contributed by atoms with Gasteiger partial charge in [-0.25, -0.2) is 0 Å². The molecule has 1 rings (SSSR count). The summed E-state index contributed by atoms with van der Waals surface area (Å²) in [6, 6.07) is 5.31. The minimum Gasteiger partial charge on any atom is -0.395 e. The van der Waals surface area contributed by atoms with Gasteiger partial charge in [0.15, 0.2) is 0 Å². The van der Waals surface area contributed by atoms with Gasteiger partial charge in [0.1, 0.15) is 0 Å². The summed E-state index contributed by atoms with van der Waals surface area (Å²) in [5.41, 5.74) is 1.43. The highest BCUT2D eigenvalue weighted by Crippen LogP contribution is 2.19. The van der Waals surface area contributed by atoms with Gasteiger partial charge in [-0.1, -0.05) is 15.9 Å². The summed E-state index contributed by atoms with van der Waals surface area (Å²) >= 11 is 3.31. The number of anilines is 1. The van der Waals surface area contributed by atoms with Crippen LogP contribution in [0.15, 0.2) is 22.7 Å². The number of benzene rings is 1. The Kier molecular flexibility index (Phi) is 5.11. The summed E-state index contributed by atoms with van der Waals surface area (Å²) in [6.45, 7) is 1.69. The molecular weight excluding hydrogens is 288 g/mol. The molecule has 0 saturated carbocycles.